The zero-order valence-electron chi connectivity index (χ0n) is 11.4. The van der Waals surface area contributed by atoms with Crippen molar-refractivity contribution in [2.24, 2.45) is 0 Å². The Bertz CT molecular complexity index is 287. The number of hydrogen-bond donors (Lipinski definition) is 1. The van der Waals surface area contributed by atoms with E-state index < -0.39 is 5.60 Å². The van der Waals surface area contributed by atoms with E-state index in [0.717, 1.165) is 25.8 Å². The molecule has 2 heteroatoms. The minimum Gasteiger partial charge on any atom is -0.385 e. The van der Waals surface area contributed by atoms with Gasteiger partial charge in [0.1, 0.15) is 0 Å². The van der Waals surface area contributed by atoms with Gasteiger partial charge in [-0.15, -0.1) is 0 Å². The average Bonchev–Trinajstić information content (AvgIpc) is 2.23. The summed E-state index contributed by atoms with van der Waals surface area (Å²) in [5, 5.41) is 10.9. The van der Waals surface area contributed by atoms with Crippen molar-refractivity contribution in [2.45, 2.75) is 69.9 Å². The molecular formula is C15H27NO. The highest BCUT2D eigenvalue weighted by Gasteiger charge is 2.37. The maximum Gasteiger partial charge on any atom is 0.0883 e. The van der Waals surface area contributed by atoms with Crippen molar-refractivity contribution in [2.75, 3.05) is 13.6 Å². The van der Waals surface area contributed by atoms with Gasteiger partial charge >= 0.3 is 0 Å². The predicted octanol–water partition coefficient (Wildman–Crippen LogP) is 3.11. The van der Waals surface area contributed by atoms with Crippen LogP contribution < -0.4 is 0 Å². The van der Waals surface area contributed by atoms with Gasteiger partial charge < -0.3 is 10.0 Å². The monoisotopic (exact) mass is 237 g/mol. The standard InChI is InChI=1S/C15H27NO/c1-13-12-15(17,10-11-16(13)2)14-8-6-4-3-5-7-9-14/h8,13,17H,3-7,9-12H2,1-2H3. The second-order valence-electron chi connectivity index (χ2n) is 6.00. The van der Waals surface area contributed by atoms with E-state index in [4.69, 9.17) is 0 Å². The van der Waals surface area contributed by atoms with Crippen LogP contribution >= 0.6 is 0 Å². The number of aliphatic hydroxyl groups is 1. The van der Waals surface area contributed by atoms with E-state index in [1.165, 1.54) is 37.7 Å². The first kappa shape index (κ1) is 13.1. The number of piperidine rings is 1. The molecule has 1 aliphatic carbocycles. The van der Waals surface area contributed by atoms with Crippen molar-refractivity contribution >= 4 is 0 Å². The molecule has 2 nitrogen and oxygen atoms in total. The number of allylic oxidation sites excluding steroid dienone is 1. The van der Waals surface area contributed by atoms with Crippen molar-refractivity contribution in [3.8, 4) is 0 Å². The van der Waals surface area contributed by atoms with Crippen LogP contribution in [0.2, 0.25) is 0 Å². The quantitative estimate of drug-likeness (QED) is 0.708. The third-order valence-electron chi connectivity index (χ3n) is 4.65. The van der Waals surface area contributed by atoms with E-state index in [0.29, 0.717) is 6.04 Å². The minimum absolute atomic E-state index is 0.497. The molecule has 1 saturated heterocycles. The van der Waals surface area contributed by atoms with Crippen LogP contribution in [0.5, 0.6) is 0 Å². The summed E-state index contributed by atoms with van der Waals surface area (Å²) in [5.41, 5.74) is 0.848. The van der Waals surface area contributed by atoms with E-state index in [9.17, 15) is 5.11 Å². The summed E-state index contributed by atoms with van der Waals surface area (Å²) < 4.78 is 0. The lowest BCUT2D eigenvalue weighted by Crippen LogP contribution is -2.48. The molecule has 17 heavy (non-hydrogen) atoms. The Balaban J connectivity index is 2.08. The maximum absolute atomic E-state index is 10.9. The van der Waals surface area contributed by atoms with Crippen molar-refractivity contribution in [3.05, 3.63) is 11.6 Å². The van der Waals surface area contributed by atoms with Gasteiger partial charge in [0.2, 0.25) is 0 Å². The summed E-state index contributed by atoms with van der Waals surface area (Å²) in [7, 11) is 2.16. The second-order valence-corrected chi connectivity index (χ2v) is 6.00. The van der Waals surface area contributed by atoms with Crippen LogP contribution in [0.3, 0.4) is 0 Å². The van der Waals surface area contributed by atoms with Crippen molar-refractivity contribution in [1.29, 1.82) is 0 Å². The summed E-state index contributed by atoms with van der Waals surface area (Å²) >= 11 is 0. The highest BCUT2D eigenvalue weighted by atomic mass is 16.3. The van der Waals surface area contributed by atoms with Gasteiger partial charge in [-0.1, -0.05) is 18.9 Å². The Morgan fingerprint density at radius 2 is 2.06 bits per heavy atom. The van der Waals surface area contributed by atoms with Crippen LogP contribution in [0.25, 0.3) is 0 Å². The van der Waals surface area contributed by atoms with Gasteiger partial charge in [-0.05, 0) is 58.1 Å². The Hall–Kier alpha value is -0.340. The Morgan fingerprint density at radius 3 is 2.82 bits per heavy atom. The summed E-state index contributed by atoms with van der Waals surface area (Å²) in [4.78, 5) is 2.36. The van der Waals surface area contributed by atoms with Gasteiger partial charge in [-0.2, -0.15) is 0 Å². The SMILES string of the molecule is CC1CC(O)(C2=CCCCCCC2)CCN1C. The van der Waals surface area contributed by atoms with Crippen molar-refractivity contribution in [1.82, 2.24) is 4.90 Å². The van der Waals surface area contributed by atoms with Crippen LogP contribution in [0.1, 0.15) is 58.3 Å². The first-order valence-corrected chi connectivity index (χ1v) is 7.24. The minimum atomic E-state index is -0.497. The normalized spacial score (nSPS) is 37.1. The zero-order chi connectivity index (χ0) is 12.3. The third kappa shape index (κ3) is 3.11. The fourth-order valence-electron chi connectivity index (χ4n) is 3.23. The van der Waals surface area contributed by atoms with E-state index >= 15 is 0 Å². The molecule has 2 unspecified atom stereocenters. The first-order chi connectivity index (χ1) is 8.12. The smallest absolute Gasteiger partial charge is 0.0883 e. The fraction of sp³-hybridized carbons (Fsp3) is 0.867. The Labute approximate surface area is 106 Å². The molecule has 2 rings (SSSR count). The molecule has 0 spiro atoms. The molecule has 1 heterocycles. The van der Waals surface area contributed by atoms with Gasteiger partial charge in [0.25, 0.3) is 0 Å². The summed E-state index contributed by atoms with van der Waals surface area (Å²) in [6.07, 6.45) is 11.7. The largest absolute Gasteiger partial charge is 0.385 e. The second kappa shape index (κ2) is 5.53. The predicted molar refractivity (Wildman–Crippen MR) is 72.1 cm³/mol. The van der Waals surface area contributed by atoms with Crippen LogP contribution in [-0.4, -0.2) is 35.2 Å². The maximum atomic E-state index is 10.9. The molecule has 0 aromatic carbocycles. The average molecular weight is 237 g/mol. The van der Waals surface area contributed by atoms with Crippen LogP contribution in [0.15, 0.2) is 11.6 Å². The lowest BCUT2D eigenvalue weighted by Gasteiger charge is -2.43. The van der Waals surface area contributed by atoms with Crippen LogP contribution in [0.4, 0.5) is 0 Å². The highest BCUT2D eigenvalue weighted by Crippen LogP contribution is 2.36. The molecule has 0 saturated carbocycles. The van der Waals surface area contributed by atoms with Crippen molar-refractivity contribution in [3.63, 3.8) is 0 Å². The van der Waals surface area contributed by atoms with E-state index in [2.05, 4.69) is 24.9 Å². The van der Waals surface area contributed by atoms with Gasteiger partial charge in [0.15, 0.2) is 0 Å². The molecule has 0 bridgehead atoms. The molecule has 98 valence electrons. The van der Waals surface area contributed by atoms with Crippen molar-refractivity contribution < 1.29 is 5.11 Å². The van der Waals surface area contributed by atoms with Gasteiger partial charge in [0, 0.05) is 12.6 Å². The summed E-state index contributed by atoms with van der Waals surface area (Å²) in [6.45, 7) is 3.25. The third-order valence-corrected chi connectivity index (χ3v) is 4.65. The molecule has 0 aromatic heterocycles. The summed E-state index contributed by atoms with van der Waals surface area (Å²) in [6, 6.07) is 0.500. The molecule has 1 fully saturated rings. The first-order valence-electron chi connectivity index (χ1n) is 7.24. The molecule has 0 radical (unpaired) electrons. The van der Waals surface area contributed by atoms with Crippen LogP contribution in [0, 0.1) is 0 Å². The molecule has 0 amide bonds. The molecule has 1 N–H and O–H groups in total. The lowest BCUT2D eigenvalue weighted by atomic mass is 9.78. The number of hydrogen-bond acceptors (Lipinski definition) is 2. The summed E-state index contributed by atoms with van der Waals surface area (Å²) in [5.74, 6) is 0. The van der Waals surface area contributed by atoms with Gasteiger partial charge in [-0.25, -0.2) is 0 Å². The molecular weight excluding hydrogens is 210 g/mol. The Morgan fingerprint density at radius 1 is 1.29 bits per heavy atom. The van der Waals surface area contributed by atoms with E-state index in [1.807, 2.05) is 0 Å². The number of likely N-dealkylation sites (tertiary alicyclic amines) is 1. The number of rotatable bonds is 1. The lowest BCUT2D eigenvalue weighted by molar-refractivity contribution is -0.00984. The molecule has 1 aliphatic heterocycles. The van der Waals surface area contributed by atoms with Gasteiger partial charge in [-0.3, -0.25) is 0 Å². The van der Waals surface area contributed by atoms with E-state index in [1.54, 1.807) is 0 Å². The number of nitrogens with zero attached hydrogens (tertiary/aromatic N) is 1. The van der Waals surface area contributed by atoms with E-state index in [-0.39, 0.29) is 0 Å². The highest BCUT2D eigenvalue weighted by molar-refractivity contribution is 5.19. The molecule has 2 atom stereocenters. The van der Waals surface area contributed by atoms with Crippen LogP contribution in [-0.2, 0) is 0 Å². The molecule has 0 aromatic rings. The molecule has 2 aliphatic rings. The topological polar surface area (TPSA) is 23.5 Å². The van der Waals surface area contributed by atoms with Gasteiger partial charge in [0.05, 0.1) is 5.60 Å². The Kier molecular flexibility index (Phi) is 4.26. The zero-order valence-corrected chi connectivity index (χ0v) is 11.4. The fourth-order valence-corrected chi connectivity index (χ4v) is 3.23.